The third kappa shape index (κ3) is 3.08. The van der Waals surface area contributed by atoms with Crippen molar-refractivity contribution >= 4 is 11.8 Å². The Bertz CT molecular complexity index is 362. The number of hydrogen-bond acceptors (Lipinski definition) is 3. The van der Waals surface area contributed by atoms with E-state index in [1.54, 1.807) is 0 Å². The zero-order chi connectivity index (χ0) is 13.2. The molecule has 106 valence electrons. The van der Waals surface area contributed by atoms with Gasteiger partial charge in [0.2, 0.25) is 11.8 Å². The van der Waals surface area contributed by atoms with Crippen LogP contribution in [0.2, 0.25) is 0 Å². The minimum Gasteiger partial charge on any atom is -0.344 e. The van der Waals surface area contributed by atoms with E-state index in [0.717, 1.165) is 32.4 Å². The van der Waals surface area contributed by atoms with E-state index in [-0.39, 0.29) is 17.9 Å². The third-order valence-electron chi connectivity index (χ3n) is 4.39. The molecule has 1 saturated carbocycles. The van der Waals surface area contributed by atoms with Crippen LogP contribution in [0, 0.1) is 0 Å². The van der Waals surface area contributed by atoms with Crippen LogP contribution < -0.4 is 10.6 Å². The van der Waals surface area contributed by atoms with Crippen molar-refractivity contribution in [3.8, 4) is 0 Å². The lowest BCUT2D eigenvalue weighted by Gasteiger charge is -2.32. The molecule has 3 aliphatic rings. The molecular formula is C14H23N3O2. The van der Waals surface area contributed by atoms with Gasteiger partial charge in [-0.15, -0.1) is 0 Å². The number of hydrogen-bond donors (Lipinski definition) is 2. The van der Waals surface area contributed by atoms with Gasteiger partial charge in [-0.1, -0.05) is 6.42 Å². The van der Waals surface area contributed by atoms with Gasteiger partial charge < -0.3 is 15.5 Å². The van der Waals surface area contributed by atoms with Gasteiger partial charge >= 0.3 is 0 Å². The predicted molar refractivity (Wildman–Crippen MR) is 71.5 cm³/mol. The first-order valence-corrected chi connectivity index (χ1v) is 7.57. The van der Waals surface area contributed by atoms with Gasteiger partial charge in [-0.3, -0.25) is 9.59 Å². The van der Waals surface area contributed by atoms with Crippen LogP contribution in [-0.4, -0.2) is 47.9 Å². The lowest BCUT2D eigenvalue weighted by atomic mass is 10.0. The molecule has 2 amide bonds. The Hall–Kier alpha value is -1.10. The van der Waals surface area contributed by atoms with Crippen LogP contribution in [0.15, 0.2) is 0 Å². The van der Waals surface area contributed by atoms with Crippen molar-refractivity contribution < 1.29 is 9.59 Å². The molecule has 1 aliphatic carbocycles. The van der Waals surface area contributed by atoms with Gasteiger partial charge in [-0.2, -0.15) is 0 Å². The summed E-state index contributed by atoms with van der Waals surface area (Å²) in [6.07, 6.45) is 7.07. The van der Waals surface area contributed by atoms with Crippen molar-refractivity contribution in [3.05, 3.63) is 0 Å². The zero-order valence-electron chi connectivity index (χ0n) is 11.4. The van der Waals surface area contributed by atoms with Crippen LogP contribution in [-0.2, 0) is 9.59 Å². The number of rotatable bonds is 4. The Kier molecular flexibility index (Phi) is 3.73. The average Bonchev–Trinajstić information content (AvgIpc) is 3.18. The summed E-state index contributed by atoms with van der Waals surface area (Å²) < 4.78 is 0. The molecule has 2 atom stereocenters. The molecule has 2 aliphatic heterocycles. The first kappa shape index (κ1) is 12.9. The summed E-state index contributed by atoms with van der Waals surface area (Å²) in [7, 11) is 0. The molecule has 0 aromatic heterocycles. The van der Waals surface area contributed by atoms with Gasteiger partial charge in [0.1, 0.15) is 6.04 Å². The molecule has 5 heteroatoms. The van der Waals surface area contributed by atoms with Gasteiger partial charge in [-0.25, -0.2) is 0 Å². The van der Waals surface area contributed by atoms with E-state index < -0.39 is 0 Å². The van der Waals surface area contributed by atoms with Gasteiger partial charge in [0.05, 0.1) is 0 Å². The van der Waals surface area contributed by atoms with Crippen LogP contribution >= 0.6 is 0 Å². The number of carbonyl (C=O) groups excluding carboxylic acids is 2. The van der Waals surface area contributed by atoms with E-state index in [9.17, 15) is 9.59 Å². The minimum absolute atomic E-state index is 0.0184. The van der Waals surface area contributed by atoms with Crippen molar-refractivity contribution in [2.24, 2.45) is 0 Å². The summed E-state index contributed by atoms with van der Waals surface area (Å²) in [5.74, 6) is 0.158. The number of nitrogens with zero attached hydrogens (tertiary/aromatic N) is 1. The fraction of sp³-hybridized carbons (Fsp3) is 0.857. The monoisotopic (exact) mass is 265 g/mol. The maximum absolute atomic E-state index is 12.5. The predicted octanol–water partition coefficient (Wildman–Crippen LogP) is 0.398. The molecule has 0 aromatic carbocycles. The maximum atomic E-state index is 12.5. The van der Waals surface area contributed by atoms with E-state index in [4.69, 9.17) is 0 Å². The van der Waals surface area contributed by atoms with Crippen molar-refractivity contribution in [1.82, 2.24) is 15.5 Å². The number of nitrogens with one attached hydrogen (secondary N) is 2. The largest absolute Gasteiger partial charge is 0.344 e. The average molecular weight is 265 g/mol. The van der Waals surface area contributed by atoms with Crippen LogP contribution in [0.5, 0.6) is 0 Å². The lowest BCUT2D eigenvalue weighted by Crippen LogP contribution is -2.51. The SMILES string of the molecule is O=C1CCC(C(=O)N(CC2CCCCN2)C2CC2)N1. The Morgan fingerprint density at radius 1 is 1.21 bits per heavy atom. The Morgan fingerprint density at radius 3 is 2.63 bits per heavy atom. The molecule has 0 spiro atoms. The summed E-state index contributed by atoms with van der Waals surface area (Å²) in [6.45, 7) is 1.88. The van der Waals surface area contributed by atoms with Crippen LogP contribution in [0.1, 0.15) is 44.9 Å². The van der Waals surface area contributed by atoms with Crippen molar-refractivity contribution in [1.29, 1.82) is 0 Å². The summed E-state index contributed by atoms with van der Waals surface area (Å²) >= 11 is 0. The molecule has 0 aromatic rings. The topological polar surface area (TPSA) is 61.4 Å². The maximum Gasteiger partial charge on any atom is 0.245 e. The number of piperidine rings is 1. The fourth-order valence-electron chi connectivity index (χ4n) is 3.12. The highest BCUT2D eigenvalue weighted by Gasteiger charge is 2.39. The number of amides is 2. The summed E-state index contributed by atoms with van der Waals surface area (Å²) in [5, 5.41) is 6.31. The highest BCUT2D eigenvalue weighted by Crippen LogP contribution is 2.29. The second-order valence-electron chi connectivity index (χ2n) is 6.03. The van der Waals surface area contributed by atoms with E-state index in [2.05, 4.69) is 10.6 Å². The quantitative estimate of drug-likeness (QED) is 0.773. The van der Waals surface area contributed by atoms with Gasteiger partial charge in [0, 0.05) is 25.0 Å². The van der Waals surface area contributed by atoms with Crippen molar-refractivity contribution in [2.75, 3.05) is 13.1 Å². The smallest absolute Gasteiger partial charge is 0.245 e. The van der Waals surface area contributed by atoms with Gasteiger partial charge in [0.25, 0.3) is 0 Å². The molecule has 0 bridgehead atoms. The molecule has 5 nitrogen and oxygen atoms in total. The second kappa shape index (κ2) is 5.49. The Morgan fingerprint density at radius 2 is 2.05 bits per heavy atom. The van der Waals surface area contributed by atoms with E-state index in [0.29, 0.717) is 24.9 Å². The molecule has 2 saturated heterocycles. The van der Waals surface area contributed by atoms with E-state index in [1.807, 2.05) is 4.90 Å². The minimum atomic E-state index is -0.267. The van der Waals surface area contributed by atoms with Crippen LogP contribution in [0.3, 0.4) is 0 Å². The molecular weight excluding hydrogens is 242 g/mol. The Balaban J connectivity index is 1.60. The van der Waals surface area contributed by atoms with E-state index >= 15 is 0 Å². The summed E-state index contributed by atoms with van der Waals surface area (Å²) in [4.78, 5) is 25.8. The highest BCUT2D eigenvalue weighted by atomic mass is 16.2. The van der Waals surface area contributed by atoms with Crippen LogP contribution in [0.4, 0.5) is 0 Å². The fourth-order valence-corrected chi connectivity index (χ4v) is 3.12. The van der Waals surface area contributed by atoms with Crippen molar-refractivity contribution in [3.63, 3.8) is 0 Å². The second-order valence-corrected chi connectivity index (χ2v) is 6.03. The molecule has 19 heavy (non-hydrogen) atoms. The van der Waals surface area contributed by atoms with Crippen LogP contribution in [0.25, 0.3) is 0 Å². The molecule has 2 heterocycles. The summed E-state index contributed by atoms with van der Waals surface area (Å²) in [5.41, 5.74) is 0. The molecule has 3 fully saturated rings. The summed E-state index contributed by atoms with van der Waals surface area (Å²) in [6, 6.07) is 0.598. The zero-order valence-corrected chi connectivity index (χ0v) is 11.4. The van der Waals surface area contributed by atoms with Crippen molar-refractivity contribution in [2.45, 2.75) is 63.1 Å². The first-order chi connectivity index (χ1) is 9.24. The molecule has 2 unspecified atom stereocenters. The normalized spacial score (nSPS) is 31.1. The van der Waals surface area contributed by atoms with E-state index in [1.165, 1.54) is 12.8 Å². The lowest BCUT2D eigenvalue weighted by molar-refractivity contribution is -0.135. The number of carbonyl (C=O) groups is 2. The third-order valence-corrected chi connectivity index (χ3v) is 4.39. The molecule has 2 N–H and O–H groups in total. The van der Waals surface area contributed by atoms with Gasteiger partial charge in [0.15, 0.2) is 0 Å². The van der Waals surface area contributed by atoms with Gasteiger partial charge in [-0.05, 0) is 38.6 Å². The Labute approximate surface area is 114 Å². The first-order valence-electron chi connectivity index (χ1n) is 7.57. The highest BCUT2D eigenvalue weighted by molar-refractivity contribution is 5.91. The standard InChI is InChI=1S/C14H23N3O2/c18-13-7-6-12(16-13)14(19)17(11-4-5-11)9-10-3-1-2-8-15-10/h10-12,15H,1-9H2,(H,16,18). The molecule has 3 rings (SSSR count). The molecule has 0 radical (unpaired) electrons.